The van der Waals surface area contributed by atoms with Gasteiger partial charge >= 0.3 is 0 Å². The Bertz CT molecular complexity index is 64.6. The van der Waals surface area contributed by atoms with Crippen molar-refractivity contribution >= 4 is 0 Å². The largest absolute Gasteiger partial charge is 0.369 e. The summed E-state index contributed by atoms with van der Waals surface area (Å²) in [5.74, 6) is 0. The van der Waals surface area contributed by atoms with Gasteiger partial charge in [-0.25, -0.2) is 0 Å². The number of allylic oxidation sites excluding steroid dienone is 1. The quantitative estimate of drug-likeness (QED) is 0.564. The van der Waals surface area contributed by atoms with E-state index in [1.807, 2.05) is 12.3 Å². The predicted octanol–water partition coefficient (Wildman–Crippen LogP) is 1.64. The molecule has 1 N–H and O–H groups in total. The highest BCUT2D eigenvalue weighted by atomic mass is 14.8. The van der Waals surface area contributed by atoms with E-state index in [0.29, 0.717) is 0 Å². The topological polar surface area (TPSA) is 12.0 Å². The Morgan fingerprint density at radius 1 is 1.71 bits per heavy atom. The summed E-state index contributed by atoms with van der Waals surface area (Å²) >= 11 is 0. The van der Waals surface area contributed by atoms with Crippen LogP contribution in [-0.2, 0) is 0 Å². The maximum Gasteiger partial charge on any atom is -0.00360 e. The van der Waals surface area contributed by atoms with E-state index in [0.717, 1.165) is 6.42 Å². The van der Waals surface area contributed by atoms with Gasteiger partial charge in [-0.3, -0.25) is 0 Å². The molecule has 0 aromatic rings. The molecule has 0 rings (SSSR count). The van der Waals surface area contributed by atoms with E-state index in [4.69, 9.17) is 0 Å². The molecule has 0 heterocycles. The fourth-order valence-corrected chi connectivity index (χ4v) is 0.254. The molecule has 1 nitrogen and oxygen atoms in total. The molecule has 0 fully saturated rings. The molecule has 7 heavy (non-hydrogen) atoms. The predicted molar refractivity (Wildman–Crippen MR) is 32.8 cm³/mol. The molecule has 0 radical (unpaired) electrons. The lowest BCUT2D eigenvalue weighted by atomic mass is 10.5. The van der Waals surface area contributed by atoms with E-state index in [1.165, 1.54) is 0 Å². The lowest BCUT2D eigenvalue weighted by Crippen LogP contribution is -1.87. The first-order valence-corrected chi connectivity index (χ1v) is 2.43. The third-order valence-corrected chi connectivity index (χ3v) is 0.568. The molecule has 40 valence electrons. The highest BCUT2D eigenvalue weighted by Gasteiger charge is 1.59. The molecular weight excluding hydrogens is 86.1 g/mol. The summed E-state index contributed by atoms with van der Waals surface area (Å²) < 4.78 is 0. The van der Waals surface area contributed by atoms with Crippen molar-refractivity contribution in [1.82, 2.24) is 5.32 Å². The molecule has 0 unspecified atom stereocenters. The Labute approximate surface area is 44.7 Å². The summed E-state index contributed by atoms with van der Waals surface area (Å²) in [6.45, 7) is 5.55. The fraction of sp³-hybridized carbons (Fsp3) is 0.333. The molecule has 0 bridgehead atoms. The molecule has 0 amide bonds. The van der Waals surface area contributed by atoms with Gasteiger partial charge in [-0.15, -0.1) is 0 Å². The van der Waals surface area contributed by atoms with Crippen LogP contribution in [0.25, 0.3) is 0 Å². The zero-order valence-electron chi connectivity index (χ0n) is 4.65. The van der Waals surface area contributed by atoms with Gasteiger partial charge in [0.25, 0.3) is 0 Å². The fourth-order valence-electron chi connectivity index (χ4n) is 0.254. The second kappa shape index (κ2) is 5.28. The average Bonchev–Trinajstić information content (AvgIpc) is 1.69. The number of hydrogen-bond donors (Lipinski definition) is 1. The SMILES string of the molecule is C=CN/C=C/CC. The Hall–Kier alpha value is -0.720. The molecule has 0 aliphatic heterocycles. The van der Waals surface area contributed by atoms with Gasteiger partial charge in [-0.1, -0.05) is 19.6 Å². The van der Waals surface area contributed by atoms with Crippen LogP contribution in [0.3, 0.4) is 0 Å². The van der Waals surface area contributed by atoms with Gasteiger partial charge < -0.3 is 5.32 Å². The van der Waals surface area contributed by atoms with Gasteiger partial charge in [0.2, 0.25) is 0 Å². The summed E-state index contributed by atoms with van der Waals surface area (Å²) in [6.07, 6.45) is 6.61. The van der Waals surface area contributed by atoms with Crippen LogP contribution in [0.15, 0.2) is 25.1 Å². The van der Waals surface area contributed by atoms with Gasteiger partial charge in [-0.2, -0.15) is 0 Å². The molecule has 0 aliphatic carbocycles. The molecule has 0 atom stereocenters. The van der Waals surface area contributed by atoms with Gasteiger partial charge in [0.1, 0.15) is 0 Å². The summed E-state index contributed by atoms with van der Waals surface area (Å²) in [6, 6.07) is 0. The maximum atomic E-state index is 3.47. The molecule has 0 aromatic heterocycles. The summed E-state index contributed by atoms with van der Waals surface area (Å²) in [4.78, 5) is 0. The van der Waals surface area contributed by atoms with Crippen molar-refractivity contribution in [2.45, 2.75) is 13.3 Å². The minimum atomic E-state index is 1.07. The van der Waals surface area contributed by atoms with Crippen molar-refractivity contribution in [2.75, 3.05) is 0 Å². The maximum absolute atomic E-state index is 3.47. The third-order valence-electron chi connectivity index (χ3n) is 0.568. The monoisotopic (exact) mass is 97.1 g/mol. The third kappa shape index (κ3) is 5.28. The van der Waals surface area contributed by atoms with E-state index >= 15 is 0 Å². The van der Waals surface area contributed by atoms with Gasteiger partial charge in [-0.05, 0) is 18.8 Å². The van der Waals surface area contributed by atoms with Gasteiger partial charge in [0.15, 0.2) is 0 Å². The van der Waals surface area contributed by atoms with Crippen LogP contribution in [0.4, 0.5) is 0 Å². The normalized spacial score (nSPS) is 9.29. The minimum absolute atomic E-state index is 1.07. The molecule has 0 spiro atoms. The highest BCUT2D eigenvalue weighted by Crippen LogP contribution is 1.73. The first-order chi connectivity index (χ1) is 3.41. The van der Waals surface area contributed by atoms with Crippen molar-refractivity contribution in [3.05, 3.63) is 25.1 Å². The molecule has 0 aliphatic rings. The van der Waals surface area contributed by atoms with Gasteiger partial charge in [0.05, 0.1) is 0 Å². The molecule has 0 saturated heterocycles. The standard InChI is InChI=1S/C6H11N/c1-3-5-6-7-4-2/h4-7H,2-3H2,1H3/b6-5+. The second-order valence-corrected chi connectivity index (χ2v) is 1.18. The van der Waals surface area contributed by atoms with Crippen LogP contribution in [-0.4, -0.2) is 0 Å². The van der Waals surface area contributed by atoms with Crippen LogP contribution in [0.5, 0.6) is 0 Å². The van der Waals surface area contributed by atoms with E-state index in [2.05, 4.69) is 18.8 Å². The summed E-state index contributed by atoms with van der Waals surface area (Å²) in [5.41, 5.74) is 0. The number of hydrogen-bond acceptors (Lipinski definition) is 1. The number of rotatable bonds is 3. The van der Waals surface area contributed by atoms with E-state index in [-0.39, 0.29) is 0 Å². The van der Waals surface area contributed by atoms with Crippen molar-refractivity contribution in [2.24, 2.45) is 0 Å². The molecule has 1 heteroatoms. The van der Waals surface area contributed by atoms with E-state index < -0.39 is 0 Å². The zero-order valence-corrected chi connectivity index (χ0v) is 4.65. The summed E-state index contributed by atoms with van der Waals surface area (Å²) in [5, 5.41) is 2.83. The molecule has 0 saturated carbocycles. The van der Waals surface area contributed by atoms with E-state index in [1.54, 1.807) is 6.20 Å². The average molecular weight is 97.2 g/mol. The lowest BCUT2D eigenvalue weighted by molar-refractivity contribution is 1.14. The zero-order chi connectivity index (χ0) is 5.54. The van der Waals surface area contributed by atoms with Crippen molar-refractivity contribution < 1.29 is 0 Å². The van der Waals surface area contributed by atoms with Crippen LogP contribution in [0.1, 0.15) is 13.3 Å². The van der Waals surface area contributed by atoms with E-state index in [9.17, 15) is 0 Å². The van der Waals surface area contributed by atoms with Crippen molar-refractivity contribution in [1.29, 1.82) is 0 Å². The Balaban J connectivity index is 2.92. The second-order valence-electron chi connectivity index (χ2n) is 1.18. The highest BCUT2D eigenvalue weighted by molar-refractivity contribution is 4.82. The van der Waals surface area contributed by atoms with Crippen LogP contribution in [0, 0.1) is 0 Å². The number of nitrogens with one attached hydrogen (secondary N) is 1. The smallest absolute Gasteiger partial charge is 0.00360 e. The van der Waals surface area contributed by atoms with Crippen LogP contribution < -0.4 is 5.32 Å². The summed E-state index contributed by atoms with van der Waals surface area (Å²) in [7, 11) is 0. The first-order valence-electron chi connectivity index (χ1n) is 2.43. The minimum Gasteiger partial charge on any atom is -0.369 e. The van der Waals surface area contributed by atoms with Crippen LogP contribution >= 0.6 is 0 Å². The Morgan fingerprint density at radius 2 is 2.43 bits per heavy atom. The van der Waals surface area contributed by atoms with Gasteiger partial charge in [0, 0.05) is 0 Å². The Kier molecular flexibility index (Phi) is 4.74. The molecule has 0 aromatic carbocycles. The Morgan fingerprint density at radius 3 is 2.86 bits per heavy atom. The van der Waals surface area contributed by atoms with Crippen molar-refractivity contribution in [3.8, 4) is 0 Å². The first kappa shape index (κ1) is 6.28. The van der Waals surface area contributed by atoms with Crippen LogP contribution in [0.2, 0.25) is 0 Å². The van der Waals surface area contributed by atoms with Crippen molar-refractivity contribution in [3.63, 3.8) is 0 Å². The lowest BCUT2D eigenvalue weighted by Gasteiger charge is -1.81. The molecular formula is C6H11N.